The first kappa shape index (κ1) is 18.9. The van der Waals surface area contributed by atoms with Crippen LogP contribution in [0, 0.1) is 0 Å². The van der Waals surface area contributed by atoms with Gasteiger partial charge in [-0.1, -0.05) is 47.4 Å². The van der Waals surface area contributed by atoms with Gasteiger partial charge >= 0.3 is 6.18 Å². The summed E-state index contributed by atoms with van der Waals surface area (Å²) in [7, 11) is 0. The van der Waals surface area contributed by atoms with Gasteiger partial charge in [-0.05, 0) is 23.1 Å². The molecule has 0 aliphatic carbocycles. The van der Waals surface area contributed by atoms with E-state index in [0.29, 0.717) is 9.47 Å². The first-order chi connectivity index (χ1) is 12.4. The van der Waals surface area contributed by atoms with Gasteiger partial charge in [0.05, 0.1) is 12.0 Å². The van der Waals surface area contributed by atoms with Crippen molar-refractivity contribution in [1.29, 1.82) is 0 Å². The van der Waals surface area contributed by atoms with Gasteiger partial charge in [0.25, 0.3) is 0 Å². The Labute approximate surface area is 159 Å². The number of nitrogens with zero attached hydrogens (tertiary/aromatic N) is 2. The molecule has 2 aromatic heterocycles. The molecule has 1 amide bonds. The quantitative estimate of drug-likeness (QED) is 0.450. The number of amides is 1. The molecule has 0 atom stereocenters. The van der Waals surface area contributed by atoms with E-state index in [2.05, 4.69) is 15.5 Å². The maximum absolute atomic E-state index is 13.0. The van der Waals surface area contributed by atoms with Crippen LogP contribution in [0.3, 0.4) is 0 Å². The van der Waals surface area contributed by atoms with Crippen LogP contribution in [0.4, 0.5) is 18.3 Å². The number of rotatable bonds is 6. The maximum atomic E-state index is 13.0. The minimum absolute atomic E-state index is 0.119. The lowest BCUT2D eigenvalue weighted by atomic mass is 10.1. The van der Waals surface area contributed by atoms with Gasteiger partial charge in [-0.25, -0.2) is 0 Å². The lowest BCUT2D eigenvalue weighted by Crippen LogP contribution is -2.13. The van der Waals surface area contributed by atoms with E-state index in [1.807, 2.05) is 17.5 Å². The standard InChI is InChI=1S/C16H12F3N3OS3/c17-16(18,19)12-6-2-1-4-10(12)9-25-15-22-21-14(26-15)20-13(23)8-11-5-3-7-24-11/h1-7H,8-9H2,(H,20,21,23). The van der Waals surface area contributed by atoms with Crippen molar-refractivity contribution in [1.82, 2.24) is 10.2 Å². The topological polar surface area (TPSA) is 54.9 Å². The molecule has 0 saturated heterocycles. The maximum Gasteiger partial charge on any atom is 0.416 e. The van der Waals surface area contributed by atoms with Crippen LogP contribution in [0.25, 0.3) is 0 Å². The van der Waals surface area contributed by atoms with E-state index in [1.165, 1.54) is 23.5 Å². The molecule has 1 aromatic carbocycles. The van der Waals surface area contributed by atoms with Crippen LogP contribution >= 0.6 is 34.4 Å². The Bertz CT molecular complexity index is 878. The molecular formula is C16H12F3N3OS3. The molecule has 10 heteroatoms. The van der Waals surface area contributed by atoms with Crippen molar-refractivity contribution in [3.8, 4) is 0 Å². The molecule has 3 aromatic rings. The third kappa shape index (κ3) is 5.05. The predicted octanol–water partition coefficient (Wildman–Crippen LogP) is 5.09. The first-order valence-electron chi connectivity index (χ1n) is 7.35. The monoisotopic (exact) mass is 415 g/mol. The molecule has 0 fully saturated rings. The molecule has 0 aliphatic rings. The number of aromatic nitrogens is 2. The summed E-state index contributed by atoms with van der Waals surface area (Å²) in [6.07, 6.45) is -4.14. The number of alkyl halides is 3. The Balaban J connectivity index is 1.58. The second-order valence-corrected chi connectivity index (χ2v) is 8.35. The zero-order valence-corrected chi connectivity index (χ0v) is 15.6. The van der Waals surface area contributed by atoms with Gasteiger partial charge < -0.3 is 5.32 Å². The highest BCUT2D eigenvalue weighted by molar-refractivity contribution is 8.00. The summed E-state index contributed by atoms with van der Waals surface area (Å²) in [6, 6.07) is 9.17. The van der Waals surface area contributed by atoms with Crippen LogP contribution in [0.15, 0.2) is 46.1 Å². The highest BCUT2D eigenvalue weighted by Crippen LogP contribution is 2.35. The molecule has 0 spiro atoms. The summed E-state index contributed by atoms with van der Waals surface area (Å²) >= 11 is 3.78. The fraction of sp³-hybridized carbons (Fsp3) is 0.188. The molecular weight excluding hydrogens is 403 g/mol. The summed E-state index contributed by atoms with van der Waals surface area (Å²) in [5.41, 5.74) is -0.468. The molecule has 136 valence electrons. The van der Waals surface area contributed by atoms with Crippen molar-refractivity contribution in [3.05, 3.63) is 57.8 Å². The summed E-state index contributed by atoms with van der Waals surface area (Å²) in [5.74, 6) is -0.0874. The smallest absolute Gasteiger partial charge is 0.300 e. The molecule has 0 bridgehead atoms. The fourth-order valence-electron chi connectivity index (χ4n) is 2.12. The third-order valence-electron chi connectivity index (χ3n) is 3.24. The van der Waals surface area contributed by atoms with Gasteiger partial charge in [0.2, 0.25) is 11.0 Å². The highest BCUT2D eigenvalue weighted by Gasteiger charge is 2.32. The molecule has 0 radical (unpaired) electrons. The number of carbonyl (C=O) groups is 1. The molecule has 0 saturated carbocycles. The zero-order valence-electron chi connectivity index (χ0n) is 13.1. The number of nitrogens with one attached hydrogen (secondary N) is 1. The van der Waals surface area contributed by atoms with Crippen molar-refractivity contribution in [2.75, 3.05) is 5.32 Å². The number of carbonyl (C=O) groups excluding carboxylic acids is 1. The number of benzene rings is 1. The first-order valence-corrected chi connectivity index (χ1v) is 10.0. The van der Waals surface area contributed by atoms with E-state index in [9.17, 15) is 18.0 Å². The Hall–Kier alpha value is -1.91. The van der Waals surface area contributed by atoms with Crippen molar-refractivity contribution in [2.45, 2.75) is 22.7 Å². The average molecular weight is 415 g/mol. The van der Waals surface area contributed by atoms with Crippen molar-refractivity contribution in [2.24, 2.45) is 0 Å². The van der Waals surface area contributed by atoms with E-state index in [4.69, 9.17) is 0 Å². The summed E-state index contributed by atoms with van der Waals surface area (Å²) in [5, 5.41) is 12.7. The van der Waals surface area contributed by atoms with Gasteiger partial charge in [0.1, 0.15) is 0 Å². The fourth-order valence-corrected chi connectivity index (χ4v) is 4.59. The molecule has 26 heavy (non-hydrogen) atoms. The van der Waals surface area contributed by atoms with E-state index in [-0.39, 0.29) is 23.6 Å². The molecule has 0 unspecified atom stereocenters. The average Bonchev–Trinajstić information content (AvgIpc) is 3.24. The van der Waals surface area contributed by atoms with Gasteiger partial charge in [-0.15, -0.1) is 21.5 Å². The van der Waals surface area contributed by atoms with E-state index in [0.717, 1.165) is 34.0 Å². The second kappa shape index (κ2) is 8.19. The number of hydrogen-bond donors (Lipinski definition) is 1. The number of thiophene rings is 1. The number of anilines is 1. The number of halogens is 3. The van der Waals surface area contributed by atoms with E-state index >= 15 is 0 Å². The Morgan fingerprint density at radius 1 is 1.15 bits per heavy atom. The second-order valence-electron chi connectivity index (χ2n) is 5.12. The summed E-state index contributed by atoms with van der Waals surface area (Å²) in [4.78, 5) is 12.9. The van der Waals surface area contributed by atoms with Gasteiger partial charge in [-0.3, -0.25) is 4.79 Å². The Morgan fingerprint density at radius 3 is 2.69 bits per heavy atom. The van der Waals surface area contributed by atoms with Crippen molar-refractivity contribution < 1.29 is 18.0 Å². The Morgan fingerprint density at radius 2 is 1.96 bits per heavy atom. The summed E-state index contributed by atoms with van der Waals surface area (Å²) < 4.78 is 39.5. The highest BCUT2D eigenvalue weighted by atomic mass is 32.2. The lowest BCUT2D eigenvalue weighted by molar-refractivity contribution is -0.138. The molecule has 3 rings (SSSR count). The van der Waals surface area contributed by atoms with Crippen LogP contribution < -0.4 is 5.32 Å². The minimum atomic E-state index is -4.39. The van der Waals surface area contributed by atoms with Crippen LogP contribution in [-0.4, -0.2) is 16.1 Å². The Kier molecular flexibility index (Phi) is 5.94. The van der Waals surface area contributed by atoms with Crippen molar-refractivity contribution >= 4 is 45.5 Å². The SMILES string of the molecule is O=C(Cc1cccs1)Nc1nnc(SCc2ccccc2C(F)(F)F)s1. The molecule has 1 N–H and O–H groups in total. The van der Waals surface area contributed by atoms with Crippen molar-refractivity contribution in [3.63, 3.8) is 0 Å². The normalized spacial score (nSPS) is 11.5. The number of thioether (sulfide) groups is 1. The van der Waals surface area contributed by atoms with Gasteiger partial charge in [0, 0.05) is 10.6 Å². The third-order valence-corrected chi connectivity index (χ3v) is 6.14. The molecule has 4 nitrogen and oxygen atoms in total. The van der Waals surface area contributed by atoms with Gasteiger partial charge in [0.15, 0.2) is 4.34 Å². The van der Waals surface area contributed by atoms with Crippen LogP contribution in [0.2, 0.25) is 0 Å². The zero-order chi connectivity index (χ0) is 18.6. The van der Waals surface area contributed by atoms with E-state index < -0.39 is 11.7 Å². The minimum Gasteiger partial charge on any atom is -0.300 e. The van der Waals surface area contributed by atoms with Crippen LogP contribution in [0.5, 0.6) is 0 Å². The molecule has 2 heterocycles. The lowest BCUT2D eigenvalue weighted by Gasteiger charge is -2.11. The van der Waals surface area contributed by atoms with Crippen LogP contribution in [0.1, 0.15) is 16.0 Å². The molecule has 0 aliphatic heterocycles. The summed E-state index contributed by atoms with van der Waals surface area (Å²) in [6.45, 7) is 0. The van der Waals surface area contributed by atoms with Gasteiger partial charge in [-0.2, -0.15) is 13.2 Å². The van der Waals surface area contributed by atoms with E-state index in [1.54, 1.807) is 6.07 Å². The van der Waals surface area contributed by atoms with Crippen LogP contribution in [-0.2, 0) is 23.1 Å². The predicted molar refractivity (Wildman–Crippen MR) is 97.6 cm³/mol. The number of hydrogen-bond acceptors (Lipinski definition) is 6. The largest absolute Gasteiger partial charge is 0.416 e.